The zero-order valence-corrected chi connectivity index (χ0v) is 10.2. The number of esters is 2. The van der Waals surface area contributed by atoms with Crippen LogP contribution in [0.4, 0.5) is 0 Å². The van der Waals surface area contributed by atoms with Crippen LogP contribution in [0, 0.1) is 0 Å². The van der Waals surface area contributed by atoms with Crippen LogP contribution in [0.1, 0.15) is 33.6 Å². The smallest absolute Gasteiger partial charge is 0.323 e. The molecule has 0 amide bonds. The second-order valence-corrected chi connectivity index (χ2v) is 3.27. The molecule has 16 heavy (non-hydrogen) atoms. The monoisotopic (exact) mass is 231 g/mol. The molecule has 0 bridgehead atoms. The molecule has 1 atom stereocenters. The van der Waals surface area contributed by atoms with E-state index in [-0.39, 0.29) is 12.4 Å². The lowest BCUT2D eigenvalue weighted by Gasteiger charge is -2.15. The van der Waals surface area contributed by atoms with Crippen molar-refractivity contribution >= 4 is 11.9 Å². The highest BCUT2D eigenvalue weighted by atomic mass is 16.5. The first kappa shape index (κ1) is 14.9. The minimum atomic E-state index is -0.598. The highest BCUT2D eigenvalue weighted by Gasteiger charge is 2.22. The number of hydrogen-bond acceptors (Lipinski definition) is 5. The summed E-state index contributed by atoms with van der Waals surface area (Å²) in [5.74, 6) is -0.784. The predicted octanol–water partition coefficient (Wildman–Crippen LogP) is 0.871. The standard InChI is InChI=1S/C11H21NO4/c1-4-7-12-9(11(14)16-6-3)8-10(13)15-5-2/h9,12H,4-8H2,1-3H3/t9-/m0/s1. The van der Waals surface area contributed by atoms with Crippen LogP contribution >= 0.6 is 0 Å². The van der Waals surface area contributed by atoms with Gasteiger partial charge in [-0.1, -0.05) is 6.92 Å². The van der Waals surface area contributed by atoms with Crippen LogP contribution in [0.25, 0.3) is 0 Å². The van der Waals surface area contributed by atoms with Gasteiger partial charge < -0.3 is 14.8 Å². The minimum Gasteiger partial charge on any atom is -0.466 e. The molecule has 5 heteroatoms. The topological polar surface area (TPSA) is 64.6 Å². The van der Waals surface area contributed by atoms with Crippen molar-refractivity contribution in [2.75, 3.05) is 19.8 Å². The summed E-state index contributed by atoms with van der Waals surface area (Å²) in [6.07, 6.45) is 0.908. The Kier molecular flexibility index (Phi) is 8.52. The average Bonchev–Trinajstić information content (AvgIpc) is 2.24. The molecule has 1 N–H and O–H groups in total. The molecule has 0 aliphatic rings. The summed E-state index contributed by atoms with van der Waals surface area (Å²) in [6, 6.07) is -0.598. The Bertz CT molecular complexity index is 218. The Balaban J connectivity index is 4.18. The van der Waals surface area contributed by atoms with E-state index in [4.69, 9.17) is 9.47 Å². The molecule has 0 aliphatic heterocycles. The van der Waals surface area contributed by atoms with Crippen molar-refractivity contribution in [3.8, 4) is 0 Å². The van der Waals surface area contributed by atoms with Crippen LogP contribution in [0.2, 0.25) is 0 Å². The molecule has 94 valence electrons. The van der Waals surface area contributed by atoms with E-state index in [1.165, 1.54) is 0 Å². The van der Waals surface area contributed by atoms with Crippen LogP contribution in [0.5, 0.6) is 0 Å². The molecule has 0 aromatic heterocycles. The third-order valence-electron chi connectivity index (χ3n) is 1.89. The van der Waals surface area contributed by atoms with Gasteiger partial charge in [0.15, 0.2) is 0 Å². The van der Waals surface area contributed by atoms with Gasteiger partial charge in [0.2, 0.25) is 0 Å². The zero-order valence-electron chi connectivity index (χ0n) is 10.2. The van der Waals surface area contributed by atoms with Crippen molar-refractivity contribution < 1.29 is 19.1 Å². The molecule has 0 spiro atoms. The zero-order chi connectivity index (χ0) is 12.4. The Morgan fingerprint density at radius 1 is 1.12 bits per heavy atom. The van der Waals surface area contributed by atoms with Gasteiger partial charge in [-0.3, -0.25) is 9.59 Å². The lowest BCUT2D eigenvalue weighted by atomic mass is 10.2. The summed E-state index contributed by atoms with van der Waals surface area (Å²) in [4.78, 5) is 22.8. The largest absolute Gasteiger partial charge is 0.466 e. The van der Waals surface area contributed by atoms with Crippen molar-refractivity contribution in [1.29, 1.82) is 0 Å². The number of hydrogen-bond donors (Lipinski definition) is 1. The second kappa shape index (κ2) is 9.15. The Morgan fingerprint density at radius 3 is 2.25 bits per heavy atom. The van der Waals surface area contributed by atoms with E-state index in [0.717, 1.165) is 6.42 Å². The van der Waals surface area contributed by atoms with Gasteiger partial charge in [-0.15, -0.1) is 0 Å². The molecule has 0 aromatic rings. The van der Waals surface area contributed by atoms with Gasteiger partial charge in [-0.05, 0) is 26.8 Å². The highest BCUT2D eigenvalue weighted by Crippen LogP contribution is 1.99. The van der Waals surface area contributed by atoms with Gasteiger partial charge in [0.1, 0.15) is 6.04 Å². The van der Waals surface area contributed by atoms with Crippen LogP contribution in [0.15, 0.2) is 0 Å². The third kappa shape index (κ3) is 6.40. The van der Waals surface area contributed by atoms with Crippen molar-refractivity contribution in [1.82, 2.24) is 5.32 Å². The van der Waals surface area contributed by atoms with E-state index < -0.39 is 12.0 Å². The van der Waals surface area contributed by atoms with E-state index >= 15 is 0 Å². The molecular weight excluding hydrogens is 210 g/mol. The van der Waals surface area contributed by atoms with Gasteiger partial charge >= 0.3 is 11.9 Å². The Hall–Kier alpha value is -1.10. The van der Waals surface area contributed by atoms with Gasteiger partial charge in [0.25, 0.3) is 0 Å². The fourth-order valence-electron chi connectivity index (χ4n) is 1.19. The molecule has 0 fully saturated rings. The van der Waals surface area contributed by atoms with E-state index in [1.54, 1.807) is 13.8 Å². The molecule has 0 saturated heterocycles. The molecule has 0 saturated carbocycles. The van der Waals surface area contributed by atoms with Crippen molar-refractivity contribution in [3.05, 3.63) is 0 Å². The average molecular weight is 231 g/mol. The van der Waals surface area contributed by atoms with Crippen LogP contribution < -0.4 is 5.32 Å². The lowest BCUT2D eigenvalue weighted by Crippen LogP contribution is -2.40. The van der Waals surface area contributed by atoms with Gasteiger partial charge in [0, 0.05) is 0 Å². The predicted molar refractivity (Wildman–Crippen MR) is 60.0 cm³/mol. The minimum absolute atomic E-state index is 0.0205. The van der Waals surface area contributed by atoms with Crippen molar-refractivity contribution in [3.63, 3.8) is 0 Å². The molecule has 0 unspecified atom stereocenters. The molecule has 0 aromatic carbocycles. The van der Waals surface area contributed by atoms with E-state index in [0.29, 0.717) is 19.8 Å². The van der Waals surface area contributed by atoms with Gasteiger partial charge in [0.05, 0.1) is 19.6 Å². The molecular formula is C11H21NO4. The highest BCUT2D eigenvalue weighted by molar-refractivity contribution is 5.82. The second-order valence-electron chi connectivity index (χ2n) is 3.27. The quantitative estimate of drug-likeness (QED) is 0.628. The normalized spacial score (nSPS) is 11.9. The van der Waals surface area contributed by atoms with Gasteiger partial charge in [-0.2, -0.15) is 0 Å². The SMILES string of the molecule is CCCN[C@@H](CC(=O)OCC)C(=O)OCC. The molecule has 0 radical (unpaired) electrons. The summed E-state index contributed by atoms with van der Waals surface area (Å²) in [5, 5.41) is 2.97. The Morgan fingerprint density at radius 2 is 1.75 bits per heavy atom. The first-order valence-electron chi connectivity index (χ1n) is 5.71. The molecule has 0 heterocycles. The molecule has 0 aliphatic carbocycles. The first-order chi connectivity index (χ1) is 7.65. The van der Waals surface area contributed by atoms with E-state index in [9.17, 15) is 9.59 Å². The first-order valence-corrected chi connectivity index (χ1v) is 5.71. The number of ether oxygens (including phenoxy) is 2. The number of rotatable bonds is 8. The Labute approximate surface area is 96.5 Å². The number of carbonyl (C=O) groups is 2. The summed E-state index contributed by atoms with van der Waals surface area (Å²) < 4.78 is 9.66. The lowest BCUT2D eigenvalue weighted by molar-refractivity contribution is -0.152. The van der Waals surface area contributed by atoms with Crippen molar-refractivity contribution in [2.24, 2.45) is 0 Å². The summed E-state index contributed by atoms with van der Waals surface area (Å²) >= 11 is 0. The van der Waals surface area contributed by atoms with Crippen molar-refractivity contribution in [2.45, 2.75) is 39.7 Å². The third-order valence-corrected chi connectivity index (χ3v) is 1.89. The summed E-state index contributed by atoms with van der Waals surface area (Å²) in [7, 11) is 0. The molecule has 0 rings (SSSR count). The van der Waals surface area contributed by atoms with Crippen LogP contribution in [-0.4, -0.2) is 37.7 Å². The van der Waals surface area contributed by atoms with Crippen LogP contribution in [0.3, 0.4) is 0 Å². The van der Waals surface area contributed by atoms with E-state index in [2.05, 4.69) is 5.32 Å². The maximum Gasteiger partial charge on any atom is 0.323 e. The van der Waals surface area contributed by atoms with Gasteiger partial charge in [-0.25, -0.2) is 0 Å². The maximum absolute atomic E-state index is 11.5. The number of nitrogens with one attached hydrogen (secondary N) is 1. The number of carbonyl (C=O) groups excluding carboxylic acids is 2. The fourth-order valence-corrected chi connectivity index (χ4v) is 1.19. The van der Waals surface area contributed by atoms with E-state index in [1.807, 2.05) is 6.92 Å². The summed E-state index contributed by atoms with van der Waals surface area (Å²) in [5.41, 5.74) is 0. The fraction of sp³-hybridized carbons (Fsp3) is 0.818. The van der Waals surface area contributed by atoms with Crippen LogP contribution in [-0.2, 0) is 19.1 Å². The summed E-state index contributed by atoms with van der Waals surface area (Å²) in [6.45, 7) is 6.76. The maximum atomic E-state index is 11.5. The molecule has 5 nitrogen and oxygen atoms in total.